The summed E-state index contributed by atoms with van der Waals surface area (Å²) in [5, 5.41) is 0. The molecule has 3 heteroatoms. The molecule has 52 valence electrons. The summed E-state index contributed by atoms with van der Waals surface area (Å²) in [7, 11) is 0. The molecule has 0 aliphatic carbocycles. The van der Waals surface area contributed by atoms with E-state index in [4.69, 9.17) is 0 Å². The molecule has 9 heavy (non-hydrogen) atoms. The van der Waals surface area contributed by atoms with Gasteiger partial charge in [-0.15, -0.1) is 0 Å². The van der Waals surface area contributed by atoms with E-state index >= 15 is 0 Å². The van der Waals surface area contributed by atoms with Crippen molar-refractivity contribution in [3.63, 3.8) is 0 Å². The molecular formula is C6H13BrMgO. The van der Waals surface area contributed by atoms with Crippen LogP contribution < -0.4 is 0 Å². The fourth-order valence-electron chi connectivity index (χ4n) is 0.262. The van der Waals surface area contributed by atoms with Crippen LogP contribution in [0.1, 0.15) is 20.8 Å². The predicted molar refractivity (Wildman–Crippen MR) is 46.5 cm³/mol. The van der Waals surface area contributed by atoms with E-state index in [9.17, 15) is 4.79 Å². The number of carbonyl (C=O) groups is 1. The summed E-state index contributed by atoms with van der Waals surface area (Å²) in [4.78, 5) is 10.5. The number of halogens is 1. The third-order valence-electron chi connectivity index (χ3n) is 1.36. The first-order chi connectivity index (χ1) is 3.55. The zero-order valence-corrected chi connectivity index (χ0v) is 7.03. The molecule has 0 N–H and O–H groups in total. The molecule has 0 aromatic carbocycles. The summed E-state index contributed by atoms with van der Waals surface area (Å²) in [6.45, 7) is 5.98. The van der Waals surface area contributed by atoms with Gasteiger partial charge in [-0.05, 0) is 21.8 Å². The van der Waals surface area contributed by atoms with E-state index in [1.807, 2.05) is 20.8 Å². The fourth-order valence-corrected chi connectivity index (χ4v) is 0.791. The Hall–Kier alpha value is 0.916. The minimum Gasteiger partial charge on any atom is -0.286 e. The smallest absolute Gasteiger partial charge is 0.286 e. The molecule has 0 aliphatic rings. The van der Waals surface area contributed by atoms with Crippen LogP contribution in [0.4, 0.5) is 0 Å². The van der Waals surface area contributed by atoms with Crippen molar-refractivity contribution in [2.24, 2.45) is 11.8 Å². The highest BCUT2D eigenvalue weighted by molar-refractivity contribution is 9.18. The summed E-state index contributed by atoms with van der Waals surface area (Å²) in [6, 6.07) is 0. The van der Waals surface area contributed by atoms with E-state index < -0.39 is 0 Å². The lowest BCUT2D eigenvalue weighted by Gasteiger charge is -2.08. The van der Waals surface area contributed by atoms with Crippen molar-refractivity contribution >= 4 is 43.7 Å². The van der Waals surface area contributed by atoms with Gasteiger partial charge in [0.25, 0.3) is 0 Å². The zero-order valence-electron chi connectivity index (χ0n) is 5.44. The Kier molecular flexibility index (Phi) is 7.94. The maximum absolute atomic E-state index is 10.5. The highest BCUT2D eigenvalue weighted by Gasteiger charge is 2.12. The van der Waals surface area contributed by atoms with Crippen molar-refractivity contribution in [1.29, 1.82) is 0 Å². The Labute approximate surface area is 80.9 Å². The van der Waals surface area contributed by atoms with E-state index in [0.29, 0.717) is 5.92 Å². The molecule has 0 heterocycles. The molecule has 0 aromatic heterocycles. The lowest BCUT2D eigenvalue weighted by molar-refractivity contribution is -0.114. The molecule has 1 nitrogen and oxygen atoms in total. The second-order valence-electron chi connectivity index (χ2n) is 2.34. The Bertz CT molecular complexity index is 93.1. The van der Waals surface area contributed by atoms with Crippen LogP contribution in [0, 0.1) is 11.8 Å². The topological polar surface area (TPSA) is 17.1 Å². The number of hydrogen-bond acceptors (Lipinski definition) is 1. The molecule has 0 saturated carbocycles. The molecule has 1 unspecified atom stereocenters. The Balaban J connectivity index is 0. The molecule has 0 rings (SSSR count). The normalized spacial score (nSPS) is 12.6. The van der Waals surface area contributed by atoms with Gasteiger partial charge in [0.2, 0.25) is 4.69 Å². The van der Waals surface area contributed by atoms with Gasteiger partial charge in [-0.3, -0.25) is 4.79 Å². The average molecular weight is 205 g/mol. The van der Waals surface area contributed by atoms with Gasteiger partial charge in [0.1, 0.15) is 0 Å². The third kappa shape index (κ3) is 5.36. The molecule has 0 bridgehead atoms. The lowest BCUT2D eigenvalue weighted by Crippen LogP contribution is -2.10. The van der Waals surface area contributed by atoms with Crippen LogP contribution in [0.15, 0.2) is 0 Å². The Morgan fingerprint density at radius 2 is 1.67 bits per heavy atom. The molecular weight excluding hydrogens is 192 g/mol. The molecule has 0 saturated heterocycles. The number of rotatable bonds is 2. The van der Waals surface area contributed by atoms with Gasteiger partial charge in [0.05, 0.1) is 0 Å². The van der Waals surface area contributed by atoms with Crippen molar-refractivity contribution in [3.05, 3.63) is 0 Å². The second kappa shape index (κ2) is 5.68. The summed E-state index contributed by atoms with van der Waals surface area (Å²) < 4.78 is 0.104. The molecule has 0 aromatic rings. The van der Waals surface area contributed by atoms with Crippen LogP contribution >= 0.6 is 15.9 Å². The van der Waals surface area contributed by atoms with Gasteiger partial charge >= 0.3 is 23.1 Å². The predicted octanol–water partition coefficient (Wildman–Crippen LogP) is 1.28. The van der Waals surface area contributed by atoms with Crippen molar-refractivity contribution in [3.8, 4) is 0 Å². The van der Waals surface area contributed by atoms with Crippen molar-refractivity contribution in [2.45, 2.75) is 20.8 Å². The lowest BCUT2D eigenvalue weighted by atomic mass is 10.0. The summed E-state index contributed by atoms with van der Waals surface area (Å²) in [6.07, 6.45) is 0. The van der Waals surface area contributed by atoms with Crippen molar-refractivity contribution in [1.82, 2.24) is 0 Å². The summed E-state index contributed by atoms with van der Waals surface area (Å²) in [5.74, 6) is 0.594. The quantitative estimate of drug-likeness (QED) is 0.490. The average Bonchev–Trinajstić information content (AvgIpc) is 1.64. The van der Waals surface area contributed by atoms with E-state index in [1.165, 1.54) is 0 Å². The standard InChI is InChI=1S/C6H11BrO.Mg.2H/c1-4(2)5(3)6(7)8;;;/h4-5H,1-3H3;;;. The van der Waals surface area contributed by atoms with E-state index in [1.54, 1.807) is 0 Å². The maximum atomic E-state index is 10.5. The van der Waals surface area contributed by atoms with Crippen LogP contribution in [0.5, 0.6) is 0 Å². The fraction of sp³-hybridized carbons (Fsp3) is 0.833. The largest absolute Gasteiger partial charge is 0.316 e. The first-order valence-electron chi connectivity index (χ1n) is 2.75. The summed E-state index contributed by atoms with van der Waals surface area (Å²) >= 11 is 2.90. The molecule has 0 fully saturated rings. The van der Waals surface area contributed by atoms with Gasteiger partial charge in [0, 0.05) is 5.92 Å². The van der Waals surface area contributed by atoms with Gasteiger partial charge in [-0.25, -0.2) is 0 Å². The molecule has 0 aliphatic heterocycles. The Morgan fingerprint density at radius 1 is 1.33 bits per heavy atom. The Morgan fingerprint density at radius 3 is 1.67 bits per heavy atom. The minimum absolute atomic E-state index is 0. The van der Waals surface area contributed by atoms with Crippen LogP contribution in [-0.4, -0.2) is 27.7 Å². The highest BCUT2D eigenvalue weighted by Crippen LogP contribution is 2.13. The monoisotopic (exact) mass is 204 g/mol. The second-order valence-corrected chi connectivity index (χ2v) is 3.12. The maximum Gasteiger partial charge on any atom is 0.316 e. The van der Waals surface area contributed by atoms with E-state index in [2.05, 4.69) is 15.9 Å². The van der Waals surface area contributed by atoms with Crippen molar-refractivity contribution < 1.29 is 4.79 Å². The first kappa shape index (κ1) is 12.6. The van der Waals surface area contributed by atoms with Gasteiger partial charge < -0.3 is 0 Å². The molecule has 1 atom stereocenters. The minimum atomic E-state index is 0. The van der Waals surface area contributed by atoms with Crippen LogP contribution in [-0.2, 0) is 4.79 Å². The molecule has 0 amide bonds. The van der Waals surface area contributed by atoms with Gasteiger partial charge in [0.15, 0.2) is 0 Å². The number of hydrogen-bond donors (Lipinski definition) is 0. The highest BCUT2D eigenvalue weighted by atomic mass is 79.9. The number of carbonyl (C=O) groups excluding carboxylic acids is 1. The van der Waals surface area contributed by atoms with Crippen molar-refractivity contribution in [2.75, 3.05) is 0 Å². The van der Waals surface area contributed by atoms with Gasteiger partial charge in [-0.1, -0.05) is 20.8 Å². The zero-order chi connectivity index (χ0) is 6.73. The van der Waals surface area contributed by atoms with Gasteiger partial charge in [-0.2, -0.15) is 0 Å². The van der Waals surface area contributed by atoms with E-state index in [-0.39, 0.29) is 33.7 Å². The summed E-state index contributed by atoms with van der Waals surface area (Å²) in [5.41, 5.74) is 0. The van der Waals surface area contributed by atoms with Crippen LogP contribution in [0.25, 0.3) is 0 Å². The first-order valence-corrected chi connectivity index (χ1v) is 3.54. The SMILES string of the molecule is CC(C)C(C)C(=O)Br.[MgH2]. The molecule has 0 spiro atoms. The molecule has 0 radical (unpaired) electrons. The van der Waals surface area contributed by atoms with Crippen LogP contribution in [0.2, 0.25) is 0 Å². The van der Waals surface area contributed by atoms with Crippen LogP contribution in [0.3, 0.4) is 0 Å². The van der Waals surface area contributed by atoms with E-state index in [0.717, 1.165) is 0 Å². The third-order valence-corrected chi connectivity index (χ3v) is 2.08.